The van der Waals surface area contributed by atoms with Crippen LogP contribution in [0.5, 0.6) is 0 Å². The van der Waals surface area contributed by atoms with Gasteiger partial charge in [0.15, 0.2) is 0 Å². The number of carbonyl (C=O) groups excluding carboxylic acids is 2. The molecule has 0 radical (unpaired) electrons. The first-order valence-electron chi connectivity index (χ1n) is 21.5. The molecule has 2 aliphatic carbocycles. The largest absolute Gasteiger partial charge is 0.396 e. The number of amides is 2. The van der Waals surface area contributed by atoms with E-state index in [1.165, 1.54) is 6.42 Å². The zero-order valence-electron chi connectivity index (χ0n) is 38.4. The number of piperazine rings is 2. The van der Waals surface area contributed by atoms with Crippen molar-refractivity contribution in [1.29, 1.82) is 0 Å². The molecule has 2 saturated carbocycles. The van der Waals surface area contributed by atoms with Gasteiger partial charge in [0.1, 0.15) is 0 Å². The van der Waals surface area contributed by atoms with Crippen molar-refractivity contribution >= 4 is 11.8 Å². The minimum atomic E-state index is -0.356. The minimum Gasteiger partial charge on any atom is -0.396 e. The average Bonchev–Trinajstić information content (AvgIpc) is 4.06. The number of likely N-dealkylation sites (tertiary alicyclic amines) is 2. The Kier molecular flexibility index (Phi) is 27.9. The number of rotatable bonds is 12. The Labute approximate surface area is 348 Å². The molecule has 0 bridgehead atoms. The highest BCUT2D eigenvalue weighted by molar-refractivity contribution is 5.81. The summed E-state index contributed by atoms with van der Waals surface area (Å²) in [6.07, 6.45) is 6.44. The Morgan fingerprint density at radius 1 is 0.684 bits per heavy atom. The molecular formula is C42H88N8O7. The molecule has 4 saturated heterocycles. The second-order valence-electron chi connectivity index (χ2n) is 17.7. The molecule has 4 heterocycles. The van der Waals surface area contributed by atoms with Crippen molar-refractivity contribution in [2.45, 2.75) is 76.6 Å². The van der Waals surface area contributed by atoms with Crippen molar-refractivity contribution in [1.82, 2.24) is 39.2 Å². The van der Waals surface area contributed by atoms with Gasteiger partial charge in [-0.2, -0.15) is 0 Å². The van der Waals surface area contributed by atoms with Crippen LogP contribution in [0.3, 0.4) is 0 Å². The molecule has 4 aliphatic heterocycles. The molecule has 6 aliphatic rings. The third-order valence-electron chi connectivity index (χ3n) is 11.2. The molecular weight excluding hydrogens is 729 g/mol. The van der Waals surface area contributed by atoms with Crippen LogP contribution >= 0.6 is 0 Å². The normalized spacial score (nSPS) is 24.8. The van der Waals surface area contributed by atoms with Gasteiger partial charge in [0.05, 0.1) is 19.3 Å². The molecule has 6 rings (SSSR count). The van der Waals surface area contributed by atoms with Crippen LogP contribution in [0.2, 0.25) is 0 Å². The van der Waals surface area contributed by atoms with Gasteiger partial charge in [-0.25, -0.2) is 0 Å². The van der Waals surface area contributed by atoms with Crippen LogP contribution in [0.25, 0.3) is 0 Å². The summed E-state index contributed by atoms with van der Waals surface area (Å²) in [5, 5.41) is 26.0. The molecule has 2 amide bonds. The highest BCUT2D eigenvalue weighted by atomic mass is 16.5. The number of hydrogen-bond acceptors (Lipinski definition) is 13. The Hall–Kier alpha value is -1.50. The summed E-state index contributed by atoms with van der Waals surface area (Å²) >= 11 is 0. The Bertz CT molecular complexity index is 1050. The Morgan fingerprint density at radius 3 is 1.67 bits per heavy atom. The monoisotopic (exact) mass is 817 g/mol. The maximum Gasteiger partial charge on any atom is 0.226 e. The molecule has 6 fully saturated rings. The number of nitrogens with zero attached hydrogens (tertiary/aromatic N) is 8. The van der Waals surface area contributed by atoms with Crippen molar-refractivity contribution < 1.29 is 34.4 Å². The van der Waals surface area contributed by atoms with E-state index < -0.39 is 0 Å². The molecule has 15 heteroatoms. The van der Waals surface area contributed by atoms with Gasteiger partial charge < -0.3 is 64.0 Å². The number of ether oxygens (including phenoxy) is 2. The van der Waals surface area contributed by atoms with E-state index >= 15 is 0 Å². The second kappa shape index (κ2) is 29.7. The number of carbonyl (C=O) groups is 2. The van der Waals surface area contributed by atoms with Gasteiger partial charge in [0, 0.05) is 122 Å². The van der Waals surface area contributed by atoms with Crippen molar-refractivity contribution in [3.8, 4) is 0 Å². The van der Waals surface area contributed by atoms with Crippen LogP contribution in [-0.4, -0.2) is 260 Å². The lowest BCUT2D eigenvalue weighted by atomic mass is 10.0. The van der Waals surface area contributed by atoms with Gasteiger partial charge >= 0.3 is 0 Å². The lowest BCUT2D eigenvalue weighted by Gasteiger charge is -2.38. The van der Waals surface area contributed by atoms with E-state index in [0.717, 1.165) is 104 Å². The van der Waals surface area contributed by atoms with Crippen LogP contribution in [-0.2, 0) is 19.1 Å². The summed E-state index contributed by atoms with van der Waals surface area (Å²) in [5.74, 6) is 2.15. The van der Waals surface area contributed by atoms with E-state index in [0.29, 0.717) is 74.1 Å². The average molecular weight is 817 g/mol. The molecule has 15 nitrogen and oxygen atoms in total. The van der Waals surface area contributed by atoms with Crippen molar-refractivity contribution in [2.75, 3.05) is 169 Å². The molecule has 0 aromatic carbocycles. The second-order valence-corrected chi connectivity index (χ2v) is 17.7. The first kappa shape index (κ1) is 53.5. The summed E-state index contributed by atoms with van der Waals surface area (Å²) in [7, 11) is 19.6. The van der Waals surface area contributed by atoms with E-state index in [9.17, 15) is 9.59 Å². The van der Waals surface area contributed by atoms with Gasteiger partial charge in [0.25, 0.3) is 0 Å². The molecule has 0 spiro atoms. The van der Waals surface area contributed by atoms with Crippen LogP contribution in [0, 0.1) is 17.8 Å². The fraction of sp³-hybridized carbons (Fsp3) is 0.952. The molecule has 57 heavy (non-hydrogen) atoms. The maximum absolute atomic E-state index is 11.8. The van der Waals surface area contributed by atoms with Crippen LogP contribution in [0.1, 0.15) is 52.4 Å². The van der Waals surface area contributed by atoms with Crippen LogP contribution < -0.4 is 0 Å². The quantitative estimate of drug-likeness (QED) is 0.236. The summed E-state index contributed by atoms with van der Waals surface area (Å²) in [6.45, 7) is 17.3. The molecule has 0 aromatic heterocycles. The standard InChI is InChI=1S/2C10H18N2O.C6H15NO2.C6H15NO.2C5H11NO/c1-8-7-12(6-5-11(8)2)10(13)9-3-4-9;1-8-7-11(2)5-6-12(8)10(13)9-3-4-9;1-7(2)4-6(8)5-9-3;1-7(2)5-4-6-8-3;1-6-2-5(3-6)4-7;1-6-3-2-5(6)4-7/h2*8-9H,3-7H2,1-2H3;6,8H,4-5H2,1-3H3;4-6H2,1-3H3;2*5,7H,2-4H2,1H3. The number of aliphatic hydroxyl groups excluding tert-OH is 3. The molecule has 0 aromatic rings. The Balaban J connectivity index is 0.000000349. The minimum absolute atomic E-state index is 0.330. The first-order chi connectivity index (χ1) is 27.0. The highest BCUT2D eigenvalue weighted by Gasteiger charge is 2.37. The van der Waals surface area contributed by atoms with E-state index in [1.807, 2.05) is 30.9 Å². The summed E-state index contributed by atoms with van der Waals surface area (Å²) < 4.78 is 9.59. The third-order valence-corrected chi connectivity index (χ3v) is 11.2. The molecule has 3 N–H and O–H groups in total. The SMILES string of the molecule is CC1CN(C(=O)C2CC2)CCN1C.CC1CN(C)CCN1C(=O)C1CC1.CN1CC(CO)C1.CN1CCC1CO.COCC(O)CN(C)C.COCCCN(C)C. The fourth-order valence-corrected chi connectivity index (χ4v) is 6.80. The number of hydrogen-bond donors (Lipinski definition) is 3. The van der Waals surface area contributed by atoms with E-state index in [1.54, 1.807) is 14.2 Å². The lowest BCUT2D eigenvalue weighted by Crippen LogP contribution is -2.53. The van der Waals surface area contributed by atoms with E-state index in [2.05, 4.69) is 78.5 Å². The number of methoxy groups -OCH3 is 2. The first-order valence-corrected chi connectivity index (χ1v) is 21.5. The van der Waals surface area contributed by atoms with Gasteiger partial charge in [-0.3, -0.25) is 9.59 Å². The third kappa shape index (κ3) is 23.8. The Morgan fingerprint density at radius 2 is 1.30 bits per heavy atom. The van der Waals surface area contributed by atoms with E-state index in [4.69, 9.17) is 24.8 Å². The maximum atomic E-state index is 11.8. The number of likely N-dealkylation sites (N-methyl/N-ethyl adjacent to an activating group) is 4. The molecule has 338 valence electrons. The van der Waals surface area contributed by atoms with E-state index in [-0.39, 0.29) is 6.10 Å². The van der Waals surface area contributed by atoms with Gasteiger partial charge in [0.2, 0.25) is 11.8 Å². The van der Waals surface area contributed by atoms with Gasteiger partial charge in [-0.1, -0.05) is 0 Å². The van der Waals surface area contributed by atoms with Crippen LogP contribution in [0.15, 0.2) is 0 Å². The topological polar surface area (TPSA) is 139 Å². The summed E-state index contributed by atoms with van der Waals surface area (Å²) in [4.78, 5) is 40.6. The fourth-order valence-electron chi connectivity index (χ4n) is 6.80. The predicted octanol–water partition coefficient (Wildman–Crippen LogP) is 0.481. The zero-order valence-corrected chi connectivity index (χ0v) is 38.4. The lowest BCUT2D eigenvalue weighted by molar-refractivity contribution is -0.137. The summed E-state index contributed by atoms with van der Waals surface area (Å²) in [6, 6.07) is 1.41. The zero-order chi connectivity index (χ0) is 43.1. The van der Waals surface area contributed by atoms with Crippen molar-refractivity contribution in [2.24, 2.45) is 17.8 Å². The van der Waals surface area contributed by atoms with Crippen LogP contribution in [0.4, 0.5) is 0 Å². The molecule has 4 atom stereocenters. The smallest absolute Gasteiger partial charge is 0.226 e. The van der Waals surface area contributed by atoms with Crippen molar-refractivity contribution in [3.63, 3.8) is 0 Å². The molecule has 4 unspecified atom stereocenters. The predicted molar refractivity (Wildman–Crippen MR) is 230 cm³/mol. The highest BCUT2D eigenvalue weighted by Crippen LogP contribution is 2.32. The number of aliphatic hydroxyl groups is 3. The van der Waals surface area contributed by atoms with Gasteiger partial charge in [-0.15, -0.1) is 0 Å². The van der Waals surface area contributed by atoms with Crippen molar-refractivity contribution in [3.05, 3.63) is 0 Å². The summed E-state index contributed by atoms with van der Waals surface area (Å²) in [5.41, 5.74) is 0. The van der Waals surface area contributed by atoms with Gasteiger partial charge in [-0.05, 0) is 122 Å².